The molecule has 78 valence electrons. The molecular formula is C9H7Cl2N3O. The Bertz CT molecular complexity index is 484. The van der Waals surface area contributed by atoms with Crippen LogP contribution in [0.25, 0.3) is 0 Å². The van der Waals surface area contributed by atoms with Crippen LogP contribution in [0.1, 0.15) is 11.5 Å². The summed E-state index contributed by atoms with van der Waals surface area (Å²) in [5, 5.41) is 4.70. The van der Waals surface area contributed by atoms with Crippen LogP contribution in [0, 0.1) is 0 Å². The number of hydrogen-bond donors (Lipinski definition) is 1. The summed E-state index contributed by atoms with van der Waals surface area (Å²) >= 11 is 11.8. The van der Waals surface area contributed by atoms with E-state index in [2.05, 4.69) is 10.1 Å². The lowest BCUT2D eigenvalue weighted by atomic mass is 10.1. The topological polar surface area (TPSA) is 64.9 Å². The molecular weight excluding hydrogens is 237 g/mol. The average Bonchev–Trinajstić information content (AvgIpc) is 2.58. The lowest BCUT2D eigenvalue weighted by molar-refractivity contribution is 0.386. The van der Waals surface area contributed by atoms with Crippen LogP contribution >= 0.6 is 23.2 Å². The fourth-order valence-corrected chi connectivity index (χ4v) is 1.56. The van der Waals surface area contributed by atoms with E-state index >= 15 is 0 Å². The Labute approximate surface area is 96.0 Å². The van der Waals surface area contributed by atoms with Gasteiger partial charge < -0.3 is 10.3 Å². The van der Waals surface area contributed by atoms with Crippen LogP contribution in [0.3, 0.4) is 0 Å². The second-order valence-corrected chi connectivity index (χ2v) is 3.80. The van der Waals surface area contributed by atoms with E-state index in [0.29, 0.717) is 22.4 Å². The highest BCUT2D eigenvalue weighted by Crippen LogP contribution is 2.22. The van der Waals surface area contributed by atoms with Gasteiger partial charge in [0.25, 0.3) is 5.95 Å². The Balaban J connectivity index is 2.27. The molecule has 0 spiro atoms. The molecule has 2 aromatic rings. The molecule has 0 unspecified atom stereocenters. The number of halogens is 2. The van der Waals surface area contributed by atoms with E-state index < -0.39 is 0 Å². The van der Waals surface area contributed by atoms with Crippen molar-refractivity contribution in [3.63, 3.8) is 0 Å². The first-order valence-electron chi connectivity index (χ1n) is 4.17. The smallest absolute Gasteiger partial charge is 0.260 e. The Kier molecular flexibility index (Phi) is 2.79. The van der Waals surface area contributed by atoms with Crippen molar-refractivity contribution in [3.05, 3.63) is 39.7 Å². The number of nitrogens with two attached hydrogens (primary N) is 1. The first-order chi connectivity index (χ1) is 7.15. The highest BCUT2D eigenvalue weighted by atomic mass is 35.5. The van der Waals surface area contributed by atoms with Crippen LogP contribution in [0.5, 0.6) is 0 Å². The van der Waals surface area contributed by atoms with Crippen LogP contribution in [-0.2, 0) is 6.42 Å². The van der Waals surface area contributed by atoms with Gasteiger partial charge in [0.2, 0.25) is 5.89 Å². The van der Waals surface area contributed by atoms with Crippen molar-refractivity contribution in [2.24, 2.45) is 0 Å². The van der Waals surface area contributed by atoms with E-state index in [0.717, 1.165) is 5.56 Å². The molecule has 0 saturated carbocycles. The molecule has 0 amide bonds. The fraction of sp³-hybridized carbons (Fsp3) is 0.111. The summed E-state index contributed by atoms with van der Waals surface area (Å²) in [4.78, 5) is 3.88. The molecule has 0 fully saturated rings. The van der Waals surface area contributed by atoms with Gasteiger partial charge in [0.05, 0.1) is 6.42 Å². The van der Waals surface area contributed by atoms with Crippen LogP contribution < -0.4 is 5.73 Å². The molecule has 1 heterocycles. The van der Waals surface area contributed by atoms with Crippen LogP contribution in [0.4, 0.5) is 5.95 Å². The highest BCUT2D eigenvalue weighted by Gasteiger charge is 2.08. The van der Waals surface area contributed by atoms with Gasteiger partial charge in [-0.25, -0.2) is 0 Å². The number of nitrogen functional groups attached to an aromatic ring is 1. The predicted molar refractivity (Wildman–Crippen MR) is 58.0 cm³/mol. The van der Waals surface area contributed by atoms with E-state index in [4.69, 9.17) is 33.5 Å². The molecule has 0 radical (unpaired) electrons. The van der Waals surface area contributed by atoms with Crippen molar-refractivity contribution in [1.29, 1.82) is 0 Å². The molecule has 0 aliphatic rings. The standard InChI is InChI=1S/C9H7Cl2N3O/c10-6-1-2-7(11)5(3-6)4-8-13-9(12)14-15-8/h1-3H,4H2,(H2,12,14). The Morgan fingerprint density at radius 3 is 2.80 bits per heavy atom. The molecule has 0 aliphatic heterocycles. The van der Waals surface area contributed by atoms with Gasteiger partial charge in [-0.05, 0) is 28.9 Å². The first kappa shape index (κ1) is 10.3. The van der Waals surface area contributed by atoms with Gasteiger partial charge in [-0.15, -0.1) is 0 Å². The SMILES string of the molecule is Nc1noc(Cc2cc(Cl)ccc2Cl)n1. The lowest BCUT2D eigenvalue weighted by Gasteiger charge is -2.00. The number of anilines is 1. The molecule has 2 rings (SSSR count). The molecule has 6 heteroatoms. The van der Waals surface area contributed by atoms with Crippen LogP contribution in [0.15, 0.2) is 22.7 Å². The van der Waals surface area contributed by atoms with E-state index in [-0.39, 0.29) is 5.95 Å². The summed E-state index contributed by atoms with van der Waals surface area (Å²) in [6, 6.07) is 5.19. The number of benzene rings is 1. The summed E-state index contributed by atoms with van der Waals surface area (Å²) in [6.07, 6.45) is 0.420. The summed E-state index contributed by atoms with van der Waals surface area (Å²) < 4.78 is 4.88. The Morgan fingerprint density at radius 1 is 1.33 bits per heavy atom. The normalized spacial score (nSPS) is 10.5. The van der Waals surface area contributed by atoms with Crippen molar-refractivity contribution >= 4 is 29.2 Å². The summed E-state index contributed by atoms with van der Waals surface area (Å²) in [6.45, 7) is 0. The van der Waals surface area contributed by atoms with Gasteiger partial charge in [-0.3, -0.25) is 0 Å². The highest BCUT2D eigenvalue weighted by molar-refractivity contribution is 6.33. The molecule has 0 atom stereocenters. The van der Waals surface area contributed by atoms with Gasteiger partial charge in [0.1, 0.15) is 0 Å². The molecule has 0 aliphatic carbocycles. The molecule has 1 aromatic heterocycles. The molecule has 1 aromatic carbocycles. The second-order valence-electron chi connectivity index (χ2n) is 2.96. The van der Waals surface area contributed by atoms with Crippen molar-refractivity contribution in [2.75, 3.05) is 5.73 Å². The third kappa shape index (κ3) is 2.40. The van der Waals surface area contributed by atoms with Gasteiger partial charge in [0, 0.05) is 10.0 Å². The average molecular weight is 244 g/mol. The van der Waals surface area contributed by atoms with E-state index in [1.54, 1.807) is 18.2 Å². The Hall–Kier alpha value is -1.26. The Morgan fingerprint density at radius 2 is 2.13 bits per heavy atom. The van der Waals surface area contributed by atoms with Crippen molar-refractivity contribution in [3.8, 4) is 0 Å². The summed E-state index contributed by atoms with van der Waals surface area (Å²) in [5.74, 6) is 0.528. The first-order valence-corrected chi connectivity index (χ1v) is 4.93. The maximum atomic E-state index is 5.97. The zero-order chi connectivity index (χ0) is 10.8. The van der Waals surface area contributed by atoms with Crippen molar-refractivity contribution < 1.29 is 4.52 Å². The van der Waals surface area contributed by atoms with Gasteiger partial charge in [0.15, 0.2) is 0 Å². The third-order valence-corrected chi connectivity index (χ3v) is 2.44. The maximum Gasteiger partial charge on any atom is 0.260 e. The van der Waals surface area contributed by atoms with Gasteiger partial charge >= 0.3 is 0 Å². The monoisotopic (exact) mass is 243 g/mol. The lowest BCUT2D eigenvalue weighted by Crippen LogP contribution is -1.91. The second kappa shape index (κ2) is 4.08. The van der Waals surface area contributed by atoms with E-state index in [1.165, 1.54) is 0 Å². The van der Waals surface area contributed by atoms with Gasteiger partial charge in [-0.2, -0.15) is 4.98 Å². The zero-order valence-corrected chi connectivity index (χ0v) is 9.09. The summed E-state index contributed by atoms with van der Waals surface area (Å²) in [5.41, 5.74) is 6.15. The van der Waals surface area contributed by atoms with Crippen molar-refractivity contribution in [1.82, 2.24) is 10.1 Å². The molecule has 2 N–H and O–H groups in total. The number of aromatic nitrogens is 2. The van der Waals surface area contributed by atoms with E-state index in [1.807, 2.05) is 0 Å². The number of rotatable bonds is 2. The summed E-state index contributed by atoms with van der Waals surface area (Å²) in [7, 11) is 0. The maximum absolute atomic E-state index is 5.97. The molecule has 15 heavy (non-hydrogen) atoms. The minimum Gasteiger partial charge on any atom is -0.365 e. The molecule has 0 bridgehead atoms. The largest absolute Gasteiger partial charge is 0.365 e. The minimum absolute atomic E-state index is 0.114. The number of hydrogen-bond acceptors (Lipinski definition) is 4. The minimum atomic E-state index is 0.114. The van der Waals surface area contributed by atoms with E-state index in [9.17, 15) is 0 Å². The van der Waals surface area contributed by atoms with Crippen molar-refractivity contribution in [2.45, 2.75) is 6.42 Å². The molecule has 0 saturated heterocycles. The third-order valence-electron chi connectivity index (χ3n) is 1.83. The number of nitrogens with zero attached hydrogens (tertiary/aromatic N) is 2. The predicted octanol–water partition coefficient (Wildman–Crippen LogP) is 2.55. The fourth-order valence-electron chi connectivity index (χ4n) is 1.18. The molecule has 4 nitrogen and oxygen atoms in total. The quantitative estimate of drug-likeness (QED) is 0.881. The van der Waals surface area contributed by atoms with Crippen LogP contribution in [0.2, 0.25) is 10.0 Å². The van der Waals surface area contributed by atoms with Crippen LogP contribution in [-0.4, -0.2) is 10.1 Å². The zero-order valence-electron chi connectivity index (χ0n) is 7.58. The van der Waals surface area contributed by atoms with Gasteiger partial charge in [-0.1, -0.05) is 23.2 Å².